The van der Waals surface area contributed by atoms with Gasteiger partial charge in [-0.05, 0) is 64.9 Å². The molecule has 1 unspecified atom stereocenters. The molecule has 1 fully saturated rings. The minimum atomic E-state index is -0.692. The Bertz CT molecular complexity index is 1170. The van der Waals surface area contributed by atoms with Gasteiger partial charge in [-0.3, -0.25) is 9.59 Å². The molecule has 0 radical (unpaired) electrons. The molecular formula is C26H22INO4. The topological polar surface area (TPSA) is 66.8 Å². The summed E-state index contributed by atoms with van der Waals surface area (Å²) in [6, 6.07) is 23.4. The van der Waals surface area contributed by atoms with Crippen LogP contribution in [-0.2, 0) is 16.1 Å². The van der Waals surface area contributed by atoms with E-state index in [1.807, 2.05) is 61.5 Å². The van der Waals surface area contributed by atoms with Crippen LogP contribution in [0.15, 0.2) is 84.4 Å². The molecule has 32 heavy (non-hydrogen) atoms. The fraction of sp³-hybridized carbons (Fsp3) is 0.154. The molecule has 0 aliphatic carbocycles. The van der Waals surface area contributed by atoms with Crippen LogP contribution < -0.4 is 4.74 Å². The average Bonchev–Trinajstić information content (AvgIpc) is 3.05. The van der Waals surface area contributed by atoms with E-state index in [0.717, 1.165) is 14.7 Å². The molecule has 1 atom stereocenters. The van der Waals surface area contributed by atoms with Crippen LogP contribution in [0.3, 0.4) is 0 Å². The van der Waals surface area contributed by atoms with Gasteiger partial charge in [0.1, 0.15) is 11.5 Å². The molecule has 1 aliphatic heterocycles. The number of nitrogens with zero attached hydrogens (tertiary/aromatic N) is 1. The zero-order valence-corrected chi connectivity index (χ0v) is 19.7. The monoisotopic (exact) mass is 539 g/mol. The van der Waals surface area contributed by atoms with Crippen LogP contribution in [0, 0.1) is 3.57 Å². The van der Waals surface area contributed by atoms with Crippen LogP contribution in [0.25, 0.3) is 5.76 Å². The van der Waals surface area contributed by atoms with Crippen molar-refractivity contribution in [3.05, 3.63) is 105 Å². The van der Waals surface area contributed by atoms with Gasteiger partial charge in [0.2, 0.25) is 0 Å². The molecule has 4 rings (SSSR count). The van der Waals surface area contributed by atoms with Gasteiger partial charge in [-0.2, -0.15) is 0 Å². The summed E-state index contributed by atoms with van der Waals surface area (Å²) in [5, 5.41) is 11.2. The fourth-order valence-corrected chi connectivity index (χ4v) is 4.23. The molecule has 0 aromatic heterocycles. The number of carbonyl (C=O) groups excluding carboxylic acids is 2. The van der Waals surface area contributed by atoms with Crippen LogP contribution in [0.4, 0.5) is 0 Å². The maximum atomic E-state index is 13.1. The molecule has 1 N–H and O–H groups in total. The van der Waals surface area contributed by atoms with Crippen molar-refractivity contribution in [2.45, 2.75) is 19.5 Å². The number of benzene rings is 3. The Hall–Kier alpha value is -3.13. The zero-order valence-electron chi connectivity index (χ0n) is 17.5. The normalized spacial score (nSPS) is 17.6. The van der Waals surface area contributed by atoms with Gasteiger partial charge in [0.25, 0.3) is 11.7 Å². The van der Waals surface area contributed by atoms with E-state index in [1.165, 1.54) is 4.90 Å². The van der Waals surface area contributed by atoms with Crippen molar-refractivity contribution in [3.63, 3.8) is 0 Å². The van der Waals surface area contributed by atoms with Crippen molar-refractivity contribution in [2.75, 3.05) is 6.61 Å². The van der Waals surface area contributed by atoms with Crippen molar-refractivity contribution >= 4 is 40.0 Å². The summed E-state index contributed by atoms with van der Waals surface area (Å²) < 4.78 is 6.57. The van der Waals surface area contributed by atoms with Crippen LogP contribution >= 0.6 is 22.6 Å². The van der Waals surface area contributed by atoms with Gasteiger partial charge in [-0.15, -0.1) is 0 Å². The molecule has 6 heteroatoms. The van der Waals surface area contributed by atoms with Gasteiger partial charge >= 0.3 is 0 Å². The number of Topliss-reactive ketones (excluding diaryl/α,β-unsaturated/α-hetero) is 1. The molecule has 3 aromatic rings. The van der Waals surface area contributed by atoms with Crippen molar-refractivity contribution < 1.29 is 19.4 Å². The second-order valence-corrected chi connectivity index (χ2v) is 8.67. The Labute approximate surface area is 200 Å². The van der Waals surface area contributed by atoms with E-state index in [0.29, 0.717) is 17.9 Å². The van der Waals surface area contributed by atoms with Gasteiger partial charge < -0.3 is 14.7 Å². The van der Waals surface area contributed by atoms with E-state index >= 15 is 0 Å². The highest BCUT2D eigenvalue weighted by atomic mass is 127. The highest BCUT2D eigenvalue weighted by Gasteiger charge is 2.46. The molecular weight excluding hydrogens is 517 g/mol. The van der Waals surface area contributed by atoms with E-state index in [1.54, 1.807) is 24.3 Å². The van der Waals surface area contributed by atoms with E-state index in [2.05, 4.69) is 22.6 Å². The summed E-state index contributed by atoms with van der Waals surface area (Å²) >= 11 is 2.21. The number of ether oxygens (including phenoxy) is 1. The Morgan fingerprint density at radius 3 is 2.41 bits per heavy atom. The Morgan fingerprint density at radius 1 is 1.00 bits per heavy atom. The minimum absolute atomic E-state index is 0.0841. The van der Waals surface area contributed by atoms with Gasteiger partial charge in [-0.25, -0.2) is 0 Å². The van der Waals surface area contributed by atoms with E-state index in [9.17, 15) is 14.7 Å². The fourth-order valence-electron chi connectivity index (χ4n) is 3.87. The second-order valence-electron chi connectivity index (χ2n) is 7.42. The lowest BCUT2D eigenvalue weighted by Crippen LogP contribution is -2.29. The van der Waals surface area contributed by atoms with Crippen molar-refractivity contribution in [1.29, 1.82) is 0 Å². The third-order valence-corrected chi connectivity index (χ3v) is 6.06. The summed E-state index contributed by atoms with van der Waals surface area (Å²) in [5.74, 6) is -0.936. The first kappa shape index (κ1) is 22.1. The van der Waals surface area contributed by atoms with Crippen LogP contribution in [0.5, 0.6) is 5.75 Å². The van der Waals surface area contributed by atoms with Gasteiger partial charge in [0.15, 0.2) is 0 Å². The number of carbonyl (C=O) groups is 2. The summed E-state index contributed by atoms with van der Waals surface area (Å²) in [4.78, 5) is 27.7. The smallest absolute Gasteiger partial charge is 0.295 e. The third-order valence-electron chi connectivity index (χ3n) is 5.34. The maximum Gasteiger partial charge on any atom is 0.295 e. The van der Waals surface area contributed by atoms with E-state index < -0.39 is 17.7 Å². The van der Waals surface area contributed by atoms with Gasteiger partial charge in [0.05, 0.1) is 18.2 Å². The first-order valence-corrected chi connectivity index (χ1v) is 11.4. The zero-order chi connectivity index (χ0) is 22.7. The molecule has 1 heterocycles. The molecule has 0 bridgehead atoms. The molecule has 5 nitrogen and oxygen atoms in total. The quantitative estimate of drug-likeness (QED) is 0.200. The van der Waals surface area contributed by atoms with Crippen molar-refractivity contribution in [2.24, 2.45) is 0 Å². The Morgan fingerprint density at radius 2 is 1.72 bits per heavy atom. The number of halogens is 1. The molecule has 0 spiro atoms. The average molecular weight is 539 g/mol. The number of aliphatic hydroxyl groups is 1. The minimum Gasteiger partial charge on any atom is -0.507 e. The lowest BCUT2D eigenvalue weighted by Gasteiger charge is -2.25. The van der Waals surface area contributed by atoms with E-state index in [-0.39, 0.29) is 17.9 Å². The highest BCUT2D eigenvalue weighted by Crippen LogP contribution is 2.40. The number of hydrogen-bond acceptors (Lipinski definition) is 4. The first-order valence-electron chi connectivity index (χ1n) is 10.3. The summed E-state index contributed by atoms with van der Waals surface area (Å²) in [6.07, 6.45) is 0. The first-order chi connectivity index (χ1) is 15.5. The highest BCUT2D eigenvalue weighted by molar-refractivity contribution is 14.1. The van der Waals surface area contributed by atoms with Crippen molar-refractivity contribution in [1.82, 2.24) is 4.90 Å². The summed E-state index contributed by atoms with van der Waals surface area (Å²) in [6.45, 7) is 2.62. The number of likely N-dealkylation sites (tertiary alicyclic amines) is 1. The summed E-state index contributed by atoms with van der Waals surface area (Å²) in [7, 11) is 0. The molecule has 1 aliphatic rings. The largest absolute Gasteiger partial charge is 0.507 e. The number of ketones is 1. The number of aliphatic hydroxyl groups excluding tert-OH is 1. The SMILES string of the molecule is CCOc1cccc(/C(O)=C2\C(=O)C(=O)N(Cc3ccccc3)C2c2ccc(I)cc2)c1. The van der Waals surface area contributed by atoms with Gasteiger partial charge in [0, 0.05) is 15.7 Å². The van der Waals surface area contributed by atoms with Gasteiger partial charge in [-0.1, -0.05) is 54.6 Å². The molecule has 162 valence electrons. The predicted octanol–water partition coefficient (Wildman–Crippen LogP) is 5.31. The molecule has 3 aromatic carbocycles. The van der Waals surface area contributed by atoms with Crippen molar-refractivity contribution in [3.8, 4) is 5.75 Å². The predicted molar refractivity (Wildman–Crippen MR) is 131 cm³/mol. The maximum absolute atomic E-state index is 13.1. The second kappa shape index (κ2) is 9.56. The Balaban J connectivity index is 1.84. The molecule has 0 saturated carbocycles. The molecule has 1 amide bonds. The Kier molecular flexibility index (Phi) is 6.60. The summed E-state index contributed by atoms with van der Waals surface area (Å²) in [5.41, 5.74) is 2.19. The van der Waals surface area contributed by atoms with Crippen LogP contribution in [0.2, 0.25) is 0 Å². The number of rotatable bonds is 6. The van der Waals surface area contributed by atoms with E-state index in [4.69, 9.17) is 4.74 Å². The van der Waals surface area contributed by atoms with Crippen LogP contribution in [0.1, 0.15) is 29.7 Å². The lowest BCUT2D eigenvalue weighted by molar-refractivity contribution is -0.140. The van der Waals surface area contributed by atoms with Crippen LogP contribution in [-0.4, -0.2) is 28.3 Å². The number of amides is 1. The number of hydrogen-bond donors (Lipinski definition) is 1. The molecule has 1 saturated heterocycles. The third kappa shape index (κ3) is 4.41. The lowest BCUT2D eigenvalue weighted by atomic mass is 9.95. The standard InChI is InChI=1S/C26H22INO4/c1-2-32-21-10-6-9-19(15-21)24(29)22-23(18-11-13-20(27)14-12-18)28(26(31)25(22)30)16-17-7-4-3-5-8-17/h3-15,23,29H,2,16H2,1H3/b24-22+.